The first-order valence-electron chi connectivity index (χ1n) is 7.55. The van der Waals surface area contributed by atoms with Crippen molar-refractivity contribution in [1.82, 2.24) is 0 Å². The second-order valence-corrected chi connectivity index (χ2v) is 6.09. The summed E-state index contributed by atoms with van der Waals surface area (Å²) in [6, 6.07) is 10.3. The Hall–Kier alpha value is -2.40. The van der Waals surface area contributed by atoms with Crippen LogP contribution in [0.1, 0.15) is 17.9 Å². The predicted molar refractivity (Wildman–Crippen MR) is 92.1 cm³/mol. The molecule has 2 N–H and O–H groups in total. The second-order valence-electron chi connectivity index (χ2n) is 5.68. The molecule has 0 radical (unpaired) electrons. The summed E-state index contributed by atoms with van der Waals surface area (Å²) in [4.78, 5) is 12.5. The zero-order valence-corrected chi connectivity index (χ0v) is 14.1. The number of nitrogens with one attached hydrogen (secondary N) is 1. The molecule has 0 saturated heterocycles. The molecule has 2 aromatic rings. The number of ether oxygens (including phenoxy) is 2. The summed E-state index contributed by atoms with van der Waals surface area (Å²) < 4.78 is 10.6. The van der Waals surface area contributed by atoms with Crippen LogP contribution in [0.25, 0.3) is 0 Å². The molecule has 1 amide bonds. The van der Waals surface area contributed by atoms with E-state index in [1.165, 1.54) is 6.07 Å². The third kappa shape index (κ3) is 3.12. The quantitative estimate of drug-likeness (QED) is 0.807. The standard InChI is InChI=1S/C18H18ClNO4/c1-23-10-6-7-16(24-2)12(8-10)11-9-13(11)18(22)20-17-14(19)4-3-5-15(17)21/h3-8,11,13,21H,9H2,1-2H3,(H,20,22)/t11-,13+/m1/s1. The molecule has 2 aromatic carbocycles. The molecular weight excluding hydrogens is 330 g/mol. The van der Waals surface area contributed by atoms with E-state index >= 15 is 0 Å². The van der Waals surface area contributed by atoms with Gasteiger partial charge in [0.2, 0.25) is 5.91 Å². The van der Waals surface area contributed by atoms with E-state index < -0.39 is 0 Å². The number of halogens is 1. The summed E-state index contributed by atoms with van der Waals surface area (Å²) in [5, 5.41) is 12.9. The van der Waals surface area contributed by atoms with Crippen LogP contribution in [0.5, 0.6) is 17.2 Å². The molecule has 5 nitrogen and oxygen atoms in total. The third-order valence-corrected chi connectivity index (χ3v) is 4.52. The van der Waals surface area contributed by atoms with Gasteiger partial charge >= 0.3 is 0 Å². The van der Waals surface area contributed by atoms with Gasteiger partial charge in [-0.3, -0.25) is 4.79 Å². The molecule has 6 heteroatoms. The van der Waals surface area contributed by atoms with Gasteiger partial charge in [-0.1, -0.05) is 17.7 Å². The number of carbonyl (C=O) groups excluding carboxylic acids is 1. The van der Waals surface area contributed by atoms with Crippen LogP contribution in [0.2, 0.25) is 5.02 Å². The largest absolute Gasteiger partial charge is 0.506 e. The third-order valence-electron chi connectivity index (χ3n) is 4.20. The number of aromatic hydroxyl groups is 1. The van der Waals surface area contributed by atoms with Crippen molar-refractivity contribution in [3.8, 4) is 17.2 Å². The zero-order valence-electron chi connectivity index (χ0n) is 13.4. The highest BCUT2D eigenvalue weighted by atomic mass is 35.5. The van der Waals surface area contributed by atoms with Gasteiger partial charge in [0.25, 0.3) is 0 Å². The second kappa shape index (κ2) is 6.61. The first-order valence-corrected chi connectivity index (χ1v) is 7.93. The average molecular weight is 348 g/mol. The summed E-state index contributed by atoms with van der Waals surface area (Å²) in [6.07, 6.45) is 0.709. The molecule has 1 saturated carbocycles. The minimum Gasteiger partial charge on any atom is -0.506 e. The number of rotatable bonds is 5. The van der Waals surface area contributed by atoms with E-state index in [-0.39, 0.29) is 29.2 Å². The molecule has 0 aromatic heterocycles. The molecule has 3 rings (SSSR count). The topological polar surface area (TPSA) is 67.8 Å². The lowest BCUT2D eigenvalue weighted by Crippen LogP contribution is -2.15. The van der Waals surface area contributed by atoms with Crippen LogP contribution < -0.4 is 14.8 Å². The lowest BCUT2D eigenvalue weighted by molar-refractivity contribution is -0.117. The molecular formula is C18H18ClNO4. The highest BCUT2D eigenvalue weighted by Crippen LogP contribution is 2.52. The van der Waals surface area contributed by atoms with Crippen molar-refractivity contribution in [3.63, 3.8) is 0 Å². The Morgan fingerprint density at radius 1 is 1.25 bits per heavy atom. The molecule has 126 valence electrons. The van der Waals surface area contributed by atoms with Crippen molar-refractivity contribution < 1.29 is 19.4 Å². The molecule has 0 unspecified atom stereocenters. The Balaban J connectivity index is 1.77. The van der Waals surface area contributed by atoms with Gasteiger partial charge in [-0.25, -0.2) is 0 Å². The van der Waals surface area contributed by atoms with Gasteiger partial charge in [-0.15, -0.1) is 0 Å². The average Bonchev–Trinajstić information content (AvgIpc) is 3.38. The first-order chi connectivity index (χ1) is 11.5. The Morgan fingerprint density at radius 3 is 2.71 bits per heavy atom. The van der Waals surface area contributed by atoms with Crippen molar-refractivity contribution in [3.05, 3.63) is 47.0 Å². The molecule has 0 bridgehead atoms. The van der Waals surface area contributed by atoms with Crippen LogP contribution in [0.4, 0.5) is 5.69 Å². The van der Waals surface area contributed by atoms with Crippen molar-refractivity contribution in [2.24, 2.45) is 5.92 Å². The number of carbonyl (C=O) groups is 1. The lowest BCUT2D eigenvalue weighted by atomic mass is 10.1. The smallest absolute Gasteiger partial charge is 0.228 e. The Kier molecular flexibility index (Phi) is 4.53. The maximum atomic E-state index is 12.5. The van der Waals surface area contributed by atoms with E-state index in [9.17, 15) is 9.90 Å². The number of benzene rings is 2. The van der Waals surface area contributed by atoms with Gasteiger partial charge in [0.1, 0.15) is 22.9 Å². The minimum absolute atomic E-state index is 0.0491. The fourth-order valence-electron chi connectivity index (χ4n) is 2.81. The van der Waals surface area contributed by atoms with Gasteiger partial charge in [0.05, 0.1) is 19.2 Å². The molecule has 1 aliphatic carbocycles. The molecule has 0 spiro atoms. The Labute approximate surface area is 145 Å². The van der Waals surface area contributed by atoms with Crippen molar-refractivity contribution in [1.29, 1.82) is 0 Å². The normalized spacial score (nSPS) is 18.8. The summed E-state index contributed by atoms with van der Waals surface area (Å²) in [5.41, 5.74) is 1.19. The number of phenolic OH excluding ortho intramolecular Hbond substituents is 1. The lowest BCUT2D eigenvalue weighted by Gasteiger charge is -2.11. The van der Waals surface area contributed by atoms with Crippen LogP contribution in [-0.4, -0.2) is 25.2 Å². The maximum Gasteiger partial charge on any atom is 0.228 e. The molecule has 24 heavy (non-hydrogen) atoms. The van der Waals surface area contributed by atoms with Crippen LogP contribution >= 0.6 is 11.6 Å². The number of anilines is 1. The van der Waals surface area contributed by atoms with E-state index in [0.29, 0.717) is 11.4 Å². The summed E-state index contributed by atoms with van der Waals surface area (Å²) in [5.74, 6) is 1.10. The molecule has 1 aliphatic rings. The summed E-state index contributed by atoms with van der Waals surface area (Å²) in [7, 11) is 3.20. The summed E-state index contributed by atoms with van der Waals surface area (Å²) in [6.45, 7) is 0. The van der Waals surface area contributed by atoms with Crippen LogP contribution in [0, 0.1) is 5.92 Å². The van der Waals surface area contributed by atoms with E-state index in [4.69, 9.17) is 21.1 Å². The highest BCUT2D eigenvalue weighted by molar-refractivity contribution is 6.34. The SMILES string of the molecule is COc1ccc(OC)c([C@H]2C[C@@H]2C(=O)Nc2c(O)cccc2Cl)c1. The monoisotopic (exact) mass is 347 g/mol. The number of amides is 1. The Bertz CT molecular complexity index is 757. The van der Waals surface area contributed by atoms with Crippen molar-refractivity contribution in [2.75, 3.05) is 19.5 Å². The van der Waals surface area contributed by atoms with E-state index in [1.54, 1.807) is 26.4 Å². The highest BCUT2D eigenvalue weighted by Gasteiger charge is 2.45. The zero-order chi connectivity index (χ0) is 17.3. The maximum absolute atomic E-state index is 12.5. The molecule has 1 fully saturated rings. The van der Waals surface area contributed by atoms with Gasteiger partial charge in [0.15, 0.2) is 0 Å². The molecule has 0 heterocycles. The Morgan fingerprint density at radius 2 is 2.04 bits per heavy atom. The molecule has 2 atom stereocenters. The fourth-order valence-corrected chi connectivity index (χ4v) is 3.03. The number of hydrogen-bond acceptors (Lipinski definition) is 4. The van der Waals surface area contributed by atoms with E-state index in [1.807, 2.05) is 18.2 Å². The van der Waals surface area contributed by atoms with Crippen LogP contribution in [-0.2, 0) is 4.79 Å². The van der Waals surface area contributed by atoms with Gasteiger partial charge in [0, 0.05) is 17.4 Å². The number of phenols is 1. The van der Waals surface area contributed by atoms with Gasteiger partial charge < -0.3 is 19.9 Å². The number of methoxy groups -OCH3 is 2. The van der Waals surface area contributed by atoms with Gasteiger partial charge in [-0.2, -0.15) is 0 Å². The van der Waals surface area contributed by atoms with Crippen molar-refractivity contribution in [2.45, 2.75) is 12.3 Å². The van der Waals surface area contributed by atoms with Crippen LogP contribution in [0.3, 0.4) is 0 Å². The van der Waals surface area contributed by atoms with Crippen molar-refractivity contribution >= 4 is 23.2 Å². The fraction of sp³-hybridized carbons (Fsp3) is 0.278. The predicted octanol–water partition coefficient (Wildman–Crippen LogP) is 3.81. The van der Waals surface area contributed by atoms with Crippen LogP contribution in [0.15, 0.2) is 36.4 Å². The summed E-state index contributed by atoms with van der Waals surface area (Å²) >= 11 is 6.03. The van der Waals surface area contributed by atoms with Gasteiger partial charge in [-0.05, 0) is 36.8 Å². The number of hydrogen-bond donors (Lipinski definition) is 2. The number of para-hydroxylation sites is 1. The van der Waals surface area contributed by atoms with E-state index in [0.717, 1.165) is 17.1 Å². The van der Waals surface area contributed by atoms with E-state index in [2.05, 4.69) is 5.32 Å². The minimum atomic E-state index is -0.193. The molecule has 0 aliphatic heterocycles. The first kappa shape index (κ1) is 16.5.